The normalized spacial score (nSPS) is 13.3. The summed E-state index contributed by atoms with van der Waals surface area (Å²) in [6.45, 7) is 1.71. The van der Waals surface area contributed by atoms with Crippen LogP contribution in [-0.4, -0.2) is 23.0 Å². The molecule has 0 aliphatic heterocycles. The van der Waals surface area contributed by atoms with Crippen LogP contribution in [0.15, 0.2) is 53.9 Å². The molecule has 0 atom stereocenters. The first kappa shape index (κ1) is 19.3. The Kier molecular flexibility index (Phi) is 6.40. The van der Waals surface area contributed by atoms with E-state index in [-0.39, 0.29) is 17.0 Å². The van der Waals surface area contributed by atoms with Gasteiger partial charge in [-0.2, -0.15) is 0 Å². The monoisotopic (exact) mass is 426 g/mol. The first-order valence-corrected chi connectivity index (χ1v) is 9.16. The number of oxime groups is 1. The van der Waals surface area contributed by atoms with Crippen molar-refractivity contribution in [2.24, 2.45) is 5.16 Å². The number of aryl methyl sites for hydroxylation is 1. The lowest BCUT2D eigenvalue weighted by atomic mass is 9.92. The van der Waals surface area contributed by atoms with E-state index in [4.69, 9.17) is 10.2 Å². The number of nitrogens with zero attached hydrogens (tertiary/aromatic N) is 3. The molecule has 0 radical (unpaired) electrons. The van der Waals surface area contributed by atoms with E-state index in [2.05, 4.69) is 39.3 Å². The molecule has 6 heteroatoms. The molecule has 5 nitrogen and oxygen atoms in total. The van der Waals surface area contributed by atoms with E-state index in [1.807, 2.05) is 24.5 Å². The quantitative estimate of drug-likeness (QED) is 0.267. The molecule has 2 N–H and O–H groups in total. The Labute approximate surface area is 169 Å². The maximum atomic E-state index is 8.59. The lowest BCUT2D eigenvalue weighted by Crippen LogP contribution is -3.00. The molecule has 2 aromatic heterocycles. The number of hydrogen-bond donors (Lipinski definition) is 2. The molecule has 0 bridgehead atoms. The predicted octanol–water partition coefficient (Wildman–Crippen LogP) is 0.325. The molecule has 0 fully saturated rings. The molecule has 0 spiro atoms. The first-order valence-electron chi connectivity index (χ1n) is 9.16. The molecule has 0 saturated heterocycles. The Morgan fingerprint density at radius 3 is 2.70 bits per heavy atom. The topological polar surface area (TPSA) is 61.4 Å². The summed E-state index contributed by atoms with van der Waals surface area (Å²) in [5.41, 5.74) is 5.88. The Hall–Kier alpha value is -2.47. The first-order chi connectivity index (χ1) is 12.8. The molecule has 0 unspecified atom stereocenters. The Morgan fingerprint density at radius 1 is 1.11 bits per heavy atom. The van der Waals surface area contributed by atoms with Gasteiger partial charge in [0.15, 0.2) is 18.9 Å². The summed E-state index contributed by atoms with van der Waals surface area (Å²) in [5, 5.41) is 16.5. The van der Waals surface area contributed by atoms with Crippen molar-refractivity contribution in [3.05, 3.63) is 65.6 Å². The minimum Gasteiger partial charge on any atom is -1.00 e. The highest BCUT2D eigenvalue weighted by molar-refractivity contribution is 5.93. The number of fused-ring (bicyclic) bond motifs is 2. The molecule has 27 heavy (non-hydrogen) atoms. The van der Waals surface area contributed by atoms with Gasteiger partial charge in [0.25, 0.3) is 0 Å². The third-order valence-electron chi connectivity index (χ3n) is 4.96. The van der Waals surface area contributed by atoms with E-state index in [1.165, 1.54) is 41.4 Å². The Balaban J connectivity index is 0.00000210. The van der Waals surface area contributed by atoms with Crippen LogP contribution in [0, 0.1) is 0 Å². The lowest BCUT2D eigenvalue weighted by molar-refractivity contribution is -0.694. The van der Waals surface area contributed by atoms with E-state index in [0.717, 1.165) is 37.0 Å². The standard InChI is InChI=1S/C21H22N4O.BrH/c26-23-15-16-9-12-25(13-10-16)14-11-22-21-17-5-1-3-7-19(17)24-20-8-4-2-6-18(20)21;/h1,3,5,7,9-10,12-13,15H,2,4,6,8,11,14H2,(H,22,24);1H. The third kappa shape index (κ3) is 4.27. The van der Waals surface area contributed by atoms with E-state index < -0.39 is 0 Å². The second-order valence-electron chi connectivity index (χ2n) is 6.68. The average Bonchev–Trinajstić information content (AvgIpc) is 2.69. The van der Waals surface area contributed by atoms with Gasteiger partial charge >= 0.3 is 0 Å². The van der Waals surface area contributed by atoms with Crippen LogP contribution in [0.2, 0.25) is 0 Å². The number of halogens is 1. The van der Waals surface area contributed by atoms with E-state index >= 15 is 0 Å². The average molecular weight is 427 g/mol. The number of para-hydroxylation sites is 1. The molecule has 140 valence electrons. The van der Waals surface area contributed by atoms with Crippen LogP contribution in [0.4, 0.5) is 5.69 Å². The largest absolute Gasteiger partial charge is 1.00 e. The SMILES string of the molecule is O/N=C/c1cc[n+](CCNc2c3c(nc4ccccc24)CCCC3)cc1.[Br-]. The fraction of sp³-hybridized carbons (Fsp3) is 0.286. The van der Waals surface area contributed by atoms with Gasteiger partial charge in [-0.05, 0) is 37.3 Å². The van der Waals surface area contributed by atoms with Crippen LogP contribution in [0.3, 0.4) is 0 Å². The smallest absolute Gasteiger partial charge is 0.169 e. The summed E-state index contributed by atoms with van der Waals surface area (Å²) in [5.74, 6) is 0. The zero-order valence-electron chi connectivity index (χ0n) is 15.1. The lowest BCUT2D eigenvalue weighted by Gasteiger charge is -2.21. The van der Waals surface area contributed by atoms with Gasteiger partial charge in [0.05, 0.1) is 18.3 Å². The maximum absolute atomic E-state index is 8.59. The van der Waals surface area contributed by atoms with Crippen LogP contribution in [0.1, 0.15) is 29.7 Å². The van der Waals surface area contributed by atoms with Gasteiger partial charge in [-0.1, -0.05) is 23.4 Å². The molecule has 1 aromatic carbocycles. The number of pyridine rings is 2. The molecule has 1 aliphatic rings. The highest BCUT2D eigenvalue weighted by atomic mass is 79.9. The second-order valence-corrected chi connectivity index (χ2v) is 6.68. The molecular weight excluding hydrogens is 404 g/mol. The number of benzene rings is 1. The van der Waals surface area contributed by atoms with E-state index in [9.17, 15) is 0 Å². The number of anilines is 1. The van der Waals surface area contributed by atoms with Crippen molar-refractivity contribution in [3.63, 3.8) is 0 Å². The minimum absolute atomic E-state index is 0. The van der Waals surface area contributed by atoms with Gasteiger partial charge in [0.1, 0.15) is 0 Å². The number of hydrogen-bond acceptors (Lipinski definition) is 4. The molecule has 2 heterocycles. The van der Waals surface area contributed by atoms with Gasteiger partial charge in [-0.3, -0.25) is 4.98 Å². The van der Waals surface area contributed by atoms with Crippen LogP contribution >= 0.6 is 0 Å². The predicted molar refractivity (Wildman–Crippen MR) is 103 cm³/mol. The summed E-state index contributed by atoms with van der Waals surface area (Å²) in [4.78, 5) is 4.89. The Morgan fingerprint density at radius 2 is 1.89 bits per heavy atom. The number of nitrogens with one attached hydrogen (secondary N) is 1. The van der Waals surface area contributed by atoms with Crippen molar-refractivity contribution in [1.29, 1.82) is 0 Å². The molecule has 1 aliphatic carbocycles. The van der Waals surface area contributed by atoms with Gasteiger partial charge < -0.3 is 27.5 Å². The molecule has 0 saturated carbocycles. The zero-order valence-corrected chi connectivity index (χ0v) is 16.7. The van der Waals surface area contributed by atoms with Crippen molar-refractivity contribution < 1.29 is 26.8 Å². The highest BCUT2D eigenvalue weighted by Gasteiger charge is 2.18. The van der Waals surface area contributed by atoms with Crippen molar-refractivity contribution >= 4 is 22.8 Å². The fourth-order valence-electron chi connectivity index (χ4n) is 3.66. The zero-order chi connectivity index (χ0) is 17.8. The van der Waals surface area contributed by atoms with Crippen molar-refractivity contribution in [1.82, 2.24) is 4.98 Å². The number of aromatic nitrogens is 2. The van der Waals surface area contributed by atoms with Gasteiger partial charge in [-0.15, -0.1) is 0 Å². The fourth-order valence-corrected chi connectivity index (χ4v) is 3.66. The summed E-state index contributed by atoms with van der Waals surface area (Å²) < 4.78 is 2.12. The summed E-state index contributed by atoms with van der Waals surface area (Å²) >= 11 is 0. The van der Waals surface area contributed by atoms with Crippen LogP contribution in [-0.2, 0) is 19.4 Å². The summed E-state index contributed by atoms with van der Waals surface area (Å²) in [6, 6.07) is 12.3. The summed E-state index contributed by atoms with van der Waals surface area (Å²) in [7, 11) is 0. The number of rotatable bonds is 5. The van der Waals surface area contributed by atoms with Gasteiger partial charge in [-0.25, -0.2) is 4.57 Å². The van der Waals surface area contributed by atoms with Gasteiger partial charge in [0, 0.05) is 34.5 Å². The maximum Gasteiger partial charge on any atom is 0.169 e. The molecule has 0 amide bonds. The van der Waals surface area contributed by atoms with Crippen LogP contribution in [0.5, 0.6) is 0 Å². The highest BCUT2D eigenvalue weighted by Crippen LogP contribution is 2.33. The van der Waals surface area contributed by atoms with E-state index in [0.29, 0.717) is 0 Å². The van der Waals surface area contributed by atoms with Gasteiger partial charge in [0.2, 0.25) is 0 Å². The summed E-state index contributed by atoms with van der Waals surface area (Å²) in [6.07, 6.45) is 10.1. The molecular formula is C21H23BrN4O. The minimum atomic E-state index is 0. The molecule has 4 rings (SSSR count). The third-order valence-corrected chi connectivity index (χ3v) is 4.96. The molecule has 3 aromatic rings. The Bertz CT molecular complexity index is 941. The van der Waals surface area contributed by atoms with Crippen LogP contribution < -0.4 is 26.9 Å². The van der Waals surface area contributed by atoms with Crippen molar-refractivity contribution in [3.8, 4) is 0 Å². The van der Waals surface area contributed by atoms with Crippen molar-refractivity contribution in [2.45, 2.75) is 32.2 Å². The second kappa shape index (κ2) is 8.95. The van der Waals surface area contributed by atoms with E-state index in [1.54, 1.807) is 0 Å². The van der Waals surface area contributed by atoms with Crippen LogP contribution in [0.25, 0.3) is 10.9 Å². The van der Waals surface area contributed by atoms with Crippen molar-refractivity contribution in [2.75, 3.05) is 11.9 Å².